The molecule has 5 unspecified atom stereocenters. The first-order valence-electron chi connectivity index (χ1n) is 14.6. The number of alkyl carbamates (subject to hydrolysis) is 1. The summed E-state index contributed by atoms with van der Waals surface area (Å²) < 4.78 is 15.9. The van der Waals surface area contributed by atoms with Gasteiger partial charge in [0.1, 0.15) is 5.60 Å². The molecule has 1 saturated heterocycles. The molecule has 9 heteroatoms. The van der Waals surface area contributed by atoms with Crippen molar-refractivity contribution in [1.82, 2.24) is 10.2 Å². The average Bonchev–Trinajstić information content (AvgIpc) is 2.89. The summed E-state index contributed by atoms with van der Waals surface area (Å²) in [6, 6.07) is 0. The van der Waals surface area contributed by atoms with Crippen LogP contribution in [0.1, 0.15) is 91.9 Å². The van der Waals surface area contributed by atoms with Crippen molar-refractivity contribution in [2.75, 3.05) is 33.4 Å². The van der Waals surface area contributed by atoms with Crippen molar-refractivity contribution < 1.29 is 33.7 Å². The highest BCUT2D eigenvalue weighted by molar-refractivity contribution is 5.79. The van der Waals surface area contributed by atoms with Crippen LogP contribution in [-0.2, 0) is 23.8 Å². The van der Waals surface area contributed by atoms with Gasteiger partial charge in [0.15, 0.2) is 5.60 Å². The van der Waals surface area contributed by atoms with Crippen LogP contribution in [-0.4, -0.2) is 78.6 Å². The van der Waals surface area contributed by atoms with Crippen LogP contribution in [0.3, 0.4) is 0 Å². The summed E-state index contributed by atoms with van der Waals surface area (Å²) in [5.74, 6) is 1.21. The maximum atomic E-state index is 13.3. The Labute approximate surface area is 228 Å². The van der Waals surface area contributed by atoms with Gasteiger partial charge >= 0.3 is 12.1 Å². The second-order valence-corrected chi connectivity index (χ2v) is 12.9. The van der Waals surface area contributed by atoms with Gasteiger partial charge in [0.05, 0.1) is 19.8 Å². The van der Waals surface area contributed by atoms with Gasteiger partial charge in [-0.05, 0) is 90.4 Å². The number of nitrogens with zero attached hydrogens (tertiary/aromatic N) is 1. The van der Waals surface area contributed by atoms with E-state index in [-0.39, 0.29) is 30.6 Å². The van der Waals surface area contributed by atoms with Gasteiger partial charge in [-0.25, -0.2) is 9.59 Å². The number of aliphatic hydroxyl groups is 1. The molecule has 2 saturated carbocycles. The van der Waals surface area contributed by atoms with Gasteiger partial charge < -0.3 is 29.5 Å². The van der Waals surface area contributed by atoms with Crippen LogP contribution in [0.5, 0.6) is 0 Å². The molecule has 3 fully saturated rings. The maximum Gasteiger partial charge on any atom is 0.407 e. The number of piperidine rings is 1. The second kappa shape index (κ2) is 13.5. The Hall–Kier alpha value is -1.87. The van der Waals surface area contributed by atoms with E-state index in [1.54, 1.807) is 0 Å². The first-order chi connectivity index (χ1) is 17.9. The summed E-state index contributed by atoms with van der Waals surface area (Å²) in [6.07, 6.45) is 9.52. The lowest BCUT2D eigenvalue weighted by atomic mass is 9.72. The van der Waals surface area contributed by atoms with E-state index in [2.05, 4.69) is 10.1 Å². The molecule has 3 aliphatic rings. The third-order valence-corrected chi connectivity index (χ3v) is 8.48. The van der Waals surface area contributed by atoms with Crippen molar-refractivity contribution in [3.8, 4) is 0 Å². The van der Waals surface area contributed by atoms with Crippen LogP contribution in [0.2, 0.25) is 0 Å². The Balaban J connectivity index is 1.41. The Morgan fingerprint density at radius 3 is 2.26 bits per heavy atom. The highest BCUT2D eigenvalue weighted by Crippen LogP contribution is 2.39. The lowest BCUT2D eigenvalue weighted by Gasteiger charge is -2.41. The number of ether oxygens (including phenoxy) is 3. The van der Waals surface area contributed by atoms with Crippen LogP contribution in [0.15, 0.2) is 0 Å². The first-order valence-corrected chi connectivity index (χ1v) is 14.6. The van der Waals surface area contributed by atoms with Gasteiger partial charge in [-0.15, -0.1) is 0 Å². The van der Waals surface area contributed by atoms with E-state index in [1.165, 1.54) is 26.9 Å². The topological polar surface area (TPSA) is 114 Å². The summed E-state index contributed by atoms with van der Waals surface area (Å²) in [7, 11) is 1.24. The summed E-state index contributed by atoms with van der Waals surface area (Å²) >= 11 is 0. The van der Waals surface area contributed by atoms with E-state index in [1.807, 2.05) is 25.7 Å². The number of rotatable bonds is 8. The number of nitrogens with one attached hydrogen (secondary N) is 1. The maximum absolute atomic E-state index is 13.3. The van der Waals surface area contributed by atoms with Gasteiger partial charge in [0.2, 0.25) is 5.91 Å². The summed E-state index contributed by atoms with van der Waals surface area (Å²) in [5, 5.41) is 13.2. The summed E-state index contributed by atoms with van der Waals surface area (Å²) in [6.45, 7) is 9.16. The van der Waals surface area contributed by atoms with E-state index >= 15 is 0 Å². The van der Waals surface area contributed by atoms with Crippen molar-refractivity contribution in [2.45, 2.75) is 109 Å². The van der Waals surface area contributed by atoms with Crippen LogP contribution >= 0.6 is 0 Å². The molecule has 2 amide bonds. The van der Waals surface area contributed by atoms with Gasteiger partial charge in [-0.1, -0.05) is 19.3 Å². The molecule has 1 heterocycles. The molecule has 0 radical (unpaired) electrons. The van der Waals surface area contributed by atoms with Crippen molar-refractivity contribution in [3.63, 3.8) is 0 Å². The van der Waals surface area contributed by atoms with Gasteiger partial charge in [-0.2, -0.15) is 0 Å². The SMILES string of the molecule is COC(=O)C(C)(O)COC1CCCC(C(=O)N2CCC(C3CCCC(CNC(=O)OC(C)(C)C)C3)CC2)C1. The number of methoxy groups -OCH3 is 1. The monoisotopic (exact) mass is 538 g/mol. The lowest BCUT2D eigenvalue weighted by Crippen LogP contribution is -2.46. The molecule has 38 heavy (non-hydrogen) atoms. The molecule has 2 N–H and O–H groups in total. The zero-order valence-corrected chi connectivity index (χ0v) is 24.1. The van der Waals surface area contributed by atoms with Crippen LogP contribution in [0.4, 0.5) is 4.79 Å². The fraction of sp³-hybridized carbons (Fsp3) is 0.897. The normalized spacial score (nSPS) is 28.7. The molecule has 9 nitrogen and oxygen atoms in total. The number of amides is 2. The zero-order chi connectivity index (χ0) is 27.9. The number of hydrogen-bond acceptors (Lipinski definition) is 7. The molecule has 0 spiro atoms. The minimum Gasteiger partial charge on any atom is -0.467 e. The van der Waals surface area contributed by atoms with E-state index < -0.39 is 17.2 Å². The predicted molar refractivity (Wildman–Crippen MR) is 143 cm³/mol. The standard InChI is InChI=1S/C29H50N2O7/c1-28(2,3)38-27(34)30-18-20-8-6-9-22(16-20)21-12-14-31(15-13-21)25(32)23-10-7-11-24(17-23)37-19-29(4,35)26(33)36-5/h20-24,35H,6-19H2,1-5H3,(H,30,34). The molecule has 1 aliphatic heterocycles. The number of carbonyl (C=O) groups is 3. The van der Waals surface area contributed by atoms with Gasteiger partial charge in [0.25, 0.3) is 0 Å². The molecule has 0 aromatic carbocycles. The number of carbonyl (C=O) groups excluding carboxylic acids is 3. The number of hydrogen-bond donors (Lipinski definition) is 2. The molecule has 218 valence electrons. The fourth-order valence-corrected chi connectivity index (χ4v) is 6.42. The van der Waals surface area contributed by atoms with Crippen molar-refractivity contribution in [1.29, 1.82) is 0 Å². The van der Waals surface area contributed by atoms with Gasteiger partial charge in [0, 0.05) is 25.6 Å². The highest BCUT2D eigenvalue weighted by Gasteiger charge is 2.37. The van der Waals surface area contributed by atoms with Gasteiger partial charge in [-0.3, -0.25) is 4.79 Å². The Morgan fingerprint density at radius 2 is 1.61 bits per heavy atom. The van der Waals surface area contributed by atoms with Crippen LogP contribution in [0.25, 0.3) is 0 Å². The Morgan fingerprint density at radius 1 is 0.921 bits per heavy atom. The Bertz CT molecular complexity index is 801. The quantitative estimate of drug-likeness (QED) is 0.448. The zero-order valence-electron chi connectivity index (χ0n) is 24.1. The third-order valence-electron chi connectivity index (χ3n) is 8.48. The first kappa shape index (κ1) is 30.7. The Kier molecular flexibility index (Phi) is 10.9. The number of esters is 1. The van der Waals surface area contributed by atoms with E-state index in [4.69, 9.17) is 9.47 Å². The van der Waals surface area contributed by atoms with Crippen LogP contribution < -0.4 is 5.32 Å². The van der Waals surface area contributed by atoms with E-state index in [0.717, 1.165) is 58.0 Å². The molecule has 0 aromatic heterocycles. The summed E-state index contributed by atoms with van der Waals surface area (Å²) in [5.41, 5.74) is -2.17. The third kappa shape index (κ3) is 9.11. The predicted octanol–water partition coefficient (Wildman–Crippen LogP) is 4.06. The van der Waals surface area contributed by atoms with Crippen LogP contribution in [0, 0.1) is 23.7 Å². The minimum absolute atomic E-state index is 0.0636. The summed E-state index contributed by atoms with van der Waals surface area (Å²) in [4.78, 5) is 39.1. The largest absolute Gasteiger partial charge is 0.467 e. The number of likely N-dealkylation sites (tertiary alicyclic amines) is 1. The van der Waals surface area contributed by atoms with Crippen molar-refractivity contribution in [2.24, 2.45) is 23.7 Å². The molecule has 5 atom stereocenters. The molecule has 0 aromatic rings. The minimum atomic E-state index is -1.68. The average molecular weight is 539 g/mol. The smallest absolute Gasteiger partial charge is 0.407 e. The fourth-order valence-electron chi connectivity index (χ4n) is 6.42. The molecule has 2 aliphatic carbocycles. The van der Waals surface area contributed by atoms with E-state index in [0.29, 0.717) is 30.7 Å². The van der Waals surface area contributed by atoms with E-state index in [9.17, 15) is 19.5 Å². The molecular weight excluding hydrogens is 488 g/mol. The molecule has 0 bridgehead atoms. The van der Waals surface area contributed by atoms with Crippen molar-refractivity contribution in [3.05, 3.63) is 0 Å². The van der Waals surface area contributed by atoms with Crippen molar-refractivity contribution >= 4 is 18.0 Å². The highest BCUT2D eigenvalue weighted by atomic mass is 16.6. The second-order valence-electron chi connectivity index (χ2n) is 12.9. The molecule has 3 rings (SSSR count). The lowest BCUT2D eigenvalue weighted by molar-refractivity contribution is -0.170. The molecular formula is C29H50N2O7.